The van der Waals surface area contributed by atoms with Crippen molar-refractivity contribution in [1.82, 2.24) is 0 Å². The van der Waals surface area contributed by atoms with Gasteiger partial charge >= 0.3 is 12.3 Å². The van der Waals surface area contributed by atoms with Crippen molar-refractivity contribution in [1.29, 1.82) is 0 Å². The normalized spacial score (nSPS) is 6.00. The number of unbranched alkanes of at least 4 members (excludes halogenated alkanes) is 3. The molecule has 0 aliphatic carbocycles. The molecular formula is C12H32O7. The summed E-state index contributed by atoms with van der Waals surface area (Å²) in [4.78, 5) is 17.1. The highest BCUT2D eigenvalue weighted by Gasteiger charge is 1.75. The van der Waals surface area contributed by atoms with Gasteiger partial charge in [-0.25, -0.2) is 9.59 Å². The molecule has 0 saturated heterocycles. The van der Waals surface area contributed by atoms with E-state index in [4.69, 9.17) is 30.0 Å². The van der Waals surface area contributed by atoms with Gasteiger partial charge in [-0.05, 0) is 0 Å². The van der Waals surface area contributed by atoms with Crippen molar-refractivity contribution in [3.05, 3.63) is 0 Å². The molecule has 7 heteroatoms. The van der Waals surface area contributed by atoms with Gasteiger partial charge in [-0.3, -0.25) is 0 Å². The van der Waals surface area contributed by atoms with E-state index in [1.165, 1.54) is 25.7 Å². The highest BCUT2D eigenvalue weighted by molar-refractivity contribution is 5.53. The average molecular weight is 288 g/mol. The van der Waals surface area contributed by atoms with E-state index in [0.29, 0.717) is 0 Å². The quantitative estimate of drug-likeness (QED) is 0.570. The number of carboxylic acid groups (broad SMARTS) is 4. The molecule has 19 heavy (non-hydrogen) atoms. The van der Waals surface area contributed by atoms with Gasteiger partial charge in [-0.15, -0.1) is 0 Å². The molecular weight excluding hydrogens is 256 g/mol. The topological polar surface area (TPSA) is 147 Å². The third-order valence-corrected chi connectivity index (χ3v) is 0.957. The predicted octanol–water partition coefficient (Wildman–Crippen LogP) is 4.26. The maximum absolute atomic E-state index is 8.56. The van der Waals surface area contributed by atoms with Crippen LogP contribution in [0.5, 0.6) is 0 Å². The lowest BCUT2D eigenvalue weighted by molar-refractivity contribution is 0.135. The van der Waals surface area contributed by atoms with Crippen molar-refractivity contribution in [2.75, 3.05) is 0 Å². The zero-order valence-electron chi connectivity index (χ0n) is 12.9. The van der Waals surface area contributed by atoms with Crippen LogP contribution in [-0.2, 0) is 0 Å². The second-order valence-corrected chi connectivity index (χ2v) is 2.27. The molecule has 0 radical (unpaired) electrons. The van der Waals surface area contributed by atoms with Crippen LogP contribution in [0.1, 0.15) is 67.2 Å². The van der Waals surface area contributed by atoms with Crippen molar-refractivity contribution < 1.29 is 35.5 Å². The largest absolute Gasteiger partial charge is 0.503 e. The van der Waals surface area contributed by atoms with Gasteiger partial charge in [-0.1, -0.05) is 67.2 Å². The Kier molecular flexibility index (Phi) is 104. The van der Waals surface area contributed by atoms with Gasteiger partial charge in [-0.2, -0.15) is 0 Å². The molecule has 0 aliphatic heterocycles. The smallest absolute Gasteiger partial charge is 0.450 e. The van der Waals surface area contributed by atoms with Crippen molar-refractivity contribution in [3.8, 4) is 0 Å². The molecule has 0 aromatic rings. The van der Waals surface area contributed by atoms with Gasteiger partial charge in [0.1, 0.15) is 0 Å². The molecule has 7 nitrogen and oxygen atoms in total. The molecule has 0 saturated carbocycles. The second-order valence-electron chi connectivity index (χ2n) is 2.27. The third kappa shape index (κ3) is 1540. The average Bonchev–Trinajstić information content (AvgIpc) is 2.30. The first kappa shape index (κ1) is 36.0. The first-order chi connectivity index (χ1) is 8.38. The van der Waals surface area contributed by atoms with Gasteiger partial charge in [0.2, 0.25) is 0 Å². The van der Waals surface area contributed by atoms with E-state index in [2.05, 4.69) is 13.8 Å². The van der Waals surface area contributed by atoms with Crippen molar-refractivity contribution in [3.63, 3.8) is 0 Å². The van der Waals surface area contributed by atoms with Crippen LogP contribution in [0.15, 0.2) is 0 Å². The number of hydrogen-bond donors (Lipinski definition) is 4. The fourth-order valence-corrected chi connectivity index (χ4v) is 0.500. The number of rotatable bonds is 3. The molecule has 0 bridgehead atoms. The Morgan fingerprint density at radius 1 is 0.684 bits per heavy atom. The summed E-state index contributed by atoms with van der Waals surface area (Å²) in [7, 11) is 0. The van der Waals surface area contributed by atoms with Crippen LogP contribution in [-0.4, -0.2) is 38.2 Å². The van der Waals surface area contributed by atoms with E-state index in [9.17, 15) is 0 Å². The van der Waals surface area contributed by atoms with Gasteiger partial charge in [0.15, 0.2) is 0 Å². The lowest BCUT2D eigenvalue weighted by Crippen LogP contribution is -1.81. The zero-order valence-corrected chi connectivity index (χ0v) is 12.9. The first-order valence-corrected chi connectivity index (χ1v) is 6.22. The van der Waals surface area contributed by atoms with Crippen LogP contribution in [0.3, 0.4) is 0 Å². The van der Waals surface area contributed by atoms with Gasteiger partial charge in [0, 0.05) is 0 Å². The molecule has 0 aromatic carbocycles. The Labute approximate surface area is 116 Å². The molecule has 6 N–H and O–H groups in total. The minimum Gasteiger partial charge on any atom is -0.450 e. The van der Waals surface area contributed by atoms with E-state index in [-0.39, 0.29) is 5.48 Å². The van der Waals surface area contributed by atoms with E-state index < -0.39 is 12.3 Å². The van der Waals surface area contributed by atoms with Crippen molar-refractivity contribution in [2.45, 2.75) is 67.2 Å². The summed E-state index contributed by atoms with van der Waals surface area (Å²) in [5, 5.41) is 27.9. The minimum absolute atomic E-state index is 0. The van der Waals surface area contributed by atoms with Crippen LogP contribution in [0, 0.1) is 0 Å². The highest BCUT2D eigenvalue weighted by Crippen LogP contribution is 1.95. The number of hydrogen-bond acceptors (Lipinski definition) is 2. The monoisotopic (exact) mass is 288 g/mol. The summed E-state index contributed by atoms with van der Waals surface area (Å²) in [6.07, 6.45) is 1.87. The molecule has 0 unspecified atom stereocenters. The van der Waals surface area contributed by atoms with Crippen molar-refractivity contribution in [2.24, 2.45) is 0 Å². The SMILES string of the molecule is CC.CC.CCCCCC.O.O=C(O)O.O=C(O)O. The Morgan fingerprint density at radius 2 is 0.789 bits per heavy atom. The third-order valence-electron chi connectivity index (χ3n) is 0.957. The van der Waals surface area contributed by atoms with Crippen LogP contribution in [0.2, 0.25) is 0 Å². The standard InChI is InChI=1S/C6H14.2C2H6.2CH2O3.H2O/c1-3-5-6-4-2;2*1-2;2*2-1(3)4;/h3-6H2,1-2H3;2*1-2H3;2*(H2,2,3,4);1H2. The fourth-order valence-electron chi connectivity index (χ4n) is 0.500. The Balaban J connectivity index is -0.0000000293. The van der Waals surface area contributed by atoms with Gasteiger partial charge in [0.05, 0.1) is 0 Å². The Morgan fingerprint density at radius 3 is 0.842 bits per heavy atom. The number of carbonyl (C=O) groups is 2. The molecule has 0 spiro atoms. The van der Waals surface area contributed by atoms with Gasteiger partial charge < -0.3 is 25.9 Å². The fraction of sp³-hybridized carbons (Fsp3) is 0.833. The molecule has 0 aromatic heterocycles. The van der Waals surface area contributed by atoms with Crippen LogP contribution in [0.4, 0.5) is 9.59 Å². The second kappa shape index (κ2) is 54.9. The maximum Gasteiger partial charge on any atom is 0.503 e. The van der Waals surface area contributed by atoms with Crippen LogP contribution >= 0.6 is 0 Å². The molecule has 122 valence electrons. The summed E-state index contributed by atoms with van der Waals surface area (Å²) in [5.41, 5.74) is 0. The molecule has 0 amide bonds. The van der Waals surface area contributed by atoms with Crippen molar-refractivity contribution >= 4 is 12.3 Å². The Hall–Kier alpha value is -1.50. The lowest BCUT2D eigenvalue weighted by atomic mass is 10.2. The molecule has 0 rings (SSSR count). The van der Waals surface area contributed by atoms with E-state index in [1.807, 2.05) is 27.7 Å². The molecule has 0 atom stereocenters. The predicted molar refractivity (Wildman–Crippen MR) is 77.4 cm³/mol. The molecule has 0 heterocycles. The van der Waals surface area contributed by atoms with E-state index in [0.717, 1.165) is 0 Å². The summed E-state index contributed by atoms with van der Waals surface area (Å²) >= 11 is 0. The first-order valence-electron chi connectivity index (χ1n) is 6.22. The summed E-state index contributed by atoms with van der Waals surface area (Å²) in [6, 6.07) is 0. The maximum atomic E-state index is 8.56. The summed E-state index contributed by atoms with van der Waals surface area (Å²) < 4.78 is 0. The zero-order chi connectivity index (χ0) is 16.0. The highest BCUT2D eigenvalue weighted by atomic mass is 16.6. The lowest BCUT2D eigenvalue weighted by Gasteiger charge is -1.86. The molecule has 0 fully saturated rings. The van der Waals surface area contributed by atoms with E-state index >= 15 is 0 Å². The summed E-state index contributed by atoms with van der Waals surface area (Å²) in [6.45, 7) is 12.5. The van der Waals surface area contributed by atoms with Crippen LogP contribution in [0.25, 0.3) is 0 Å². The summed E-state index contributed by atoms with van der Waals surface area (Å²) in [5.74, 6) is 0. The molecule has 0 aliphatic rings. The van der Waals surface area contributed by atoms with Crippen LogP contribution < -0.4 is 0 Å². The van der Waals surface area contributed by atoms with Gasteiger partial charge in [0.25, 0.3) is 0 Å². The minimum atomic E-state index is -1.83. The van der Waals surface area contributed by atoms with E-state index in [1.54, 1.807) is 0 Å². The Bertz CT molecular complexity index is 114.